The van der Waals surface area contributed by atoms with E-state index >= 15 is 0 Å². The molecule has 2 aromatic heterocycles. The molecule has 1 saturated carbocycles. The van der Waals surface area contributed by atoms with Crippen molar-refractivity contribution in [1.82, 2.24) is 20.0 Å². The summed E-state index contributed by atoms with van der Waals surface area (Å²) in [5.74, 6) is 1.98. The van der Waals surface area contributed by atoms with Crippen molar-refractivity contribution in [1.29, 1.82) is 0 Å². The van der Waals surface area contributed by atoms with Crippen molar-refractivity contribution >= 4 is 5.91 Å². The number of aromatic nitrogens is 3. The summed E-state index contributed by atoms with van der Waals surface area (Å²) in [5.41, 5.74) is 1.98. The van der Waals surface area contributed by atoms with Gasteiger partial charge < -0.3 is 9.42 Å². The first kappa shape index (κ1) is 15.3. The van der Waals surface area contributed by atoms with Crippen LogP contribution in [0.1, 0.15) is 42.1 Å². The van der Waals surface area contributed by atoms with Gasteiger partial charge >= 0.3 is 0 Å². The van der Waals surface area contributed by atoms with Crippen molar-refractivity contribution in [2.45, 2.75) is 44.9 Å². The van der Waals surface area contributed by atoms with Gasteiger partial charge in [0, 0.05) is 25.5 Å². The van der Waals surface area contributed by atoms with Gasteiger partial charge in [-0.15, -0.1) is 0 Å². The van der Waals surface area contributed by atoms with Crippen molar-refractivity contribution in [3.05, 3.63) is 41.3 Å². The molecule has 24 heavy (non-hydrogen) atoms. The zero-order valence-electron chi connectivity index (χ0n) is 14.2. The Morgan fingerprint density at radius 2 is 2.33 bits per heavy atom. The highest BCUT2D eigenvalue weighted by atomic mass is 16.5. The number of pyridine rings is 1. The number of amides is 1. The van der Waals surface area contributed by atoms with Crippen LogP contribution in [0.15, 0.2) is 23.0 Å². The minimum atomic E-state index is -0.138. The van der Waals surface area contributed by atoms with Crippen molar-refractivity contribution in [2.75, 3.05) is 13.1 Å². The number of aryl methyl sites for hydroxylation is 2. The monoisotopic (exact) mass is 326 g/mol. The van der Waals surface area contributed by atoms with Crippen LogP contribution in [0.4, 0.5) is 0 Å². The van der Waals surface area contributed by atoms with Crippen LogP contribution in [0.2, 0.25) is 0 Å². The van der Waals surface area contributed by atoms with Crippen molar-refractivity contribution in [2.24, 2.45) is 5.92 Å². The smallest absolute Gasteiger partial charge is 0.234 e. The number of carbonyl (C=O) groups excluding carboxylic acids is 1. The van der Waals surface area contributed by atoms with Gasteiger partial charge in [0.1, 0.15) is 0 Å². The number of rotatable bonds is 3. The molecule has 1 amide bonds. The molecular formula is C18H22N4O2. The van der Waals surface area contributed by atoms with Crippen LogP contribution in [0.5, 0.6) is 0 Å². The van der Waals surface area contributed by atoms with E-state index in [1.54, 1.807) is 12.4 Å². The normalized spacial score (nSPS) is 25.9. The van der Waals surface area contributed by atoms with E-state index in [0.29, 0.717) is 24.7 Å². The molecule has 0 N–H and O–H groups in total. The number of carbonyl (C=O) groups is 1. The van der Waals surface area contributed by atoms with E-state index in [2.05, 4.69) is 15.1 Å². The largest absolute Gasteiger partial charge is 0.341 e. The Morgan fingerprint density at radius 3 is 3.08 bits per heavy atom. The molecule has 0 aromatic carbocycles. The second-order valence-corrected chi connectivity index (χ2v) is 7.15. The van der Waals surface area contributed by atoms with Crippen LogP contribution >= 0.6 is 0 Å². The minimum Gasteiger partial charge on any atom is -0.341 e. The number of nitrogens with zero attached hydrogens (tertiary/aromatic N) is 4. The molecule has 0 spiro atoms. The van der Waals surface area contributed by atoms with E-state index in [9.17, 15) is 4.79 Å². The van der Waals surface area contributed by atoms with E-state index in [1.807, 2.05) is 24.8 Å². The molecule has 1 saturated heterocycles. The van der Waals surface area contributed by atoms with E-state index in [0.717, 1.165) is 42.8 Å². The number of hydrogen-bond donors (Lipinski definition) is 0. The van der Waals surface area contributed by atoms with Crippen molar-refractivity contribution in [3.8, 4) is 0 Å². The summed E-state index contributed by atoms with van der Waals surface area (Å²) in [6.45, 7) is 5.35. The van der Waals surface area contributed by atoms with Gasteiger partial charge in [-0.25, -0.2) is 0 Å². The molecule has 0 unspecified atom stereocenters. The molecule has 0 radical (unpaired) electrons. The average Bonchev–Trinajstić information content (AvgIpc) is 3.23. The van der Waals surface area contributed by atoms with Crippen LogP contribution < -0.4 is 0 Å². The lowest BCUT2D eigenvalue weighted by Crippen LogP contribution is -2.35. The summed E-state index contributed by atoms with van der Waals surface area (Å²) in [6, 6.07) is 1.95. The number of likely N-dealkylation sites (tertiary alicyclic amines) is 1. The summed E-state index contributed by atoms with van der Waals surface area (Å²) < 4.78 is 5.51. The highest BCUT2D eigenvalue weighted by molar-refractivity contribution is 5.79. The van der Waals surface area contributed by atoms with Gasteiger partial charge in [0.2, 0.25) is 11.8 Å². The van der Waals surface area contributed by atoms with Crippen LogP contribution in [-0.2, 0) is 16.6 Å². The van der Waals surface area contributed by atoms with E-state index in [-0.39, 0.29) is 11.3 Å². The second kappa shape index (κ2) is 5.69. The molecule has 2 aromatic rings. The highest BCUT2D eigenvalue weighted by Crippen LogP contribution is 2.49. The van der Waals surface area contributed by atoms with Gasteiger partial charge in [-0.3, -0.25) is 9.78 Å². The summed E-state index contributed by atoms with van der Waals surface area (Å²) in [4.78, 5) is 23.4. The fraction of sp³-hybridized carbons (Fsp3) is 0.556. The van der Waals surface area contributed by atoms with E-state index in [4.69, 9.17) is 4.52 Å². The highest BCUT2D eigenvalue weighted by Gasteiger charge is 2.55. The first-order valence-electron chi connectivity index (χ1n) is 8.56. The number of fused-ring (bicyclic) bond motifs is 1. The lowest BCUT2D eigenvalue weighted by Gasteiger charge is -2.24. The fourth-order valence-corrected chi connectivity index (χ4v) is 4.28. The Balaban J connectivity index is 1.55. The standard InChI is InChI=1S/C18H22N4O2/c1-12-5-7-19-9-14(12)8-16(23)22-10-15-4-3-6-18(15,11-22)17-20-13(2)21-24-17/h5,7,9,15H,3-4,6,8,10-11H2,1-2H3/t15-,18-/m0/s1. The van der Waals surface area contributed by atoms with Crippen molar-refractivity contribution in [3.63, 3.8) is 0 Å². The van der Waals surface area contributed by atoms with Crippen LogP contribution in [0, 0.1) is 19.8 Å². The summed E-state index contributed by atoms with van der Waals surface area (Å²) in [6.07, 6.45) is 7.27. The Hall–Kier alpha value is -2.24. The molecule has 6 nitrogen and oxygen atoms in total. The molecule has 6 heteroatoms. The molecule has 2 fully saturated rings. The Kier molecular flexibility index (Phi) is 3.62. The molecule has 126 valence electrons. The number of hydrogen-bond acceptors (Lipinski definition) is 5. The minimum absolute atomic E-state index is 0.138. The third-order valence-corrected chi connectivity index (χ3v) is 5.67. The average molecular weight is 326 g/mol. The van der Waals surface area contributed by atoms with Crippen molar-refractivity contribution < 1.29 is 9.32 Å². The lowest BCUT2D eigenvalue weighted by atomic mass is 9.80. The molecule has 2 aliphatic rings. The SMILES string of the molecule is Cc1noc([C@]23CCC[C@H]2CN(C(=O)Cc2cnccc2C)C3)n1. The summed E-state index contributed by atoms with van der Waals surface area (Å²) >= 11 is 0. The molecule has 1 aliphatic carbocycles. The lowest BCUT2D eigenvalue weighted by molar-refractivity contribution is -0.129. The first-order valence-corrected chi connectivity index (χ1v) is 8.56. The maximum Gasteiger partial charge on any atom is 0.234 e. The zero-order valence-corrected chi connectivity index (χ0v) is 14.2. The Bertz CT molecular complexity index is 772. The molecule has 0 bridgehead atoms. The molecule has 4 rings (SSSR count). The molecule has 2 atom stereocenters. The summed E-state index contributed by atoms with van der Waals surface area (Å²) in [7, 11) is 0. The maximum absolute atomic E-state index is 12.8. The predicted molar refractivity (Wildman–Crippen MR) is 87.3 cm³/mol. The Labute approximate surface area is 141 Å². The van der Waals surface area contributed by atoms with Gasteiger partial charge in [-0.1, -0.05) is 11.6 Å². The van der Waals surface area contributed by atoms with Gasteiger partial charge in [0.15, 0.2) is 5.82 Å². The molecule has 3 heterocycles. The third-order valence-electron chi connectivity index (χ3n) is 5.67. The molecule has 1 aliphatic heterocycles. The Morgan fingerprint density at radius 1 is 1.46 bits per heavy atom. The van der Waals surface area contributed by atoms with Gasteiger partial charge in [0.25, 0.3) is 0 Å². The third kappa shape index (κ3) is 2.41. The second-order valence-electron chi connectivity index (χ2n) is 7.15. The summed E-state index contributed by atoms with van der Waals surface area (Å²) in [5, 5.41) is 3.97. The van der Waals surface area contributed by atoms with Crippen LogP contribution in [0.3, 0.4) is 0 Å². The van der Waals surface area contributed by atoms with Crippen LogP contribution in [0.25, 0.3) is 0 Å². The van der Waals surface area contributed by atoms with Gasteiger partial charge in [0.05, 0.1) is 11.8 Å². The predicted octanol–water partition coefficient (Wildman–Crippen LogP) is 2.20. The topological polar surface area (TPSA) is 72.1 Å². The van der Waals surface area contributed by atoms with Gasteiger partial charge in [-0.05, 0) is 49.8 Å². The van der Waals surface area contributed by atoms with Crippen LogP contribution in [-0.4, -0.2) is 39.0 Å². The van der Waals surface area contributed by atoms with E-state index in [1.165, 1.54) is 0 Å². The maximum atomic E-state index is 12.8. The zero-order chi connectivity index (χ0) is 16.7. The molecular weight excluding hydrogens is 304 g/mol. The quantitative estimate of drug-likeness (QED) is 0.864. The fourth-order valence-electron chi connectivity index (χ4n) is 4.28. The van der Waals surface area contributed by atoms with Gasteiger partial charge in [-0.2, -0.15) is 4.98 Å². The first-order chi connectivity index (χ1) is 11.6. The van der Waals surface area contributed by atoms with E-state index < -0.39 is 0 Å².